The number of benzene rings is 2. The van der Waals surface area contributed by atoms with Crippen LogP contribution in [0.3, 0.4) is 0 Å². The minimum absolute atomic E-state index is 0.0154. The van der Waals surface area contributed by atoms with Gasteiger partial charge in [0.25, 0.3) is 0 Å². The Kier molecular flexibility index (Phi) is 8.51. The van der Waals surface area contributed by atoms with E-state index in [0.29, 0.717) is 31.5 Å². The SMILES string of the molecule is CN(Cc1ccc(-c2cccs2)s1)C(=O)[C@H]1CCC[C@@H]1C(=O)NCc1ccc(-c2ccccc2S(N)(=O)=O)cc1. The Labute approximate surface area is 242 Å². The number of nitrogens with zero attached hydrogens (tertiary/aromatic N) is 1. The Bertz CT molecular complexity index is 1600. The zero-order valence-electron chi connectivity index (χ0n) is 22.1. The Morgan fingerprint density at radius 2 is 1.70 bits per heavy atom. The summed E-state index contributed by atoms with van der Waals surface area (Å²) in [6.07, 6.45) is 2.26. The first kappa shape index (κ1) is 28.2. The molecule has 2 aromatic heterocycles. The highest BCUT2D eigenvalue weighted by Gasteiger charge is 2.39. The Morgan fingerprint density at radius 1 is 0.950 bits per heavy atom. The molecule has 2 heterocycles. The molecule has 2 atom stereocenters. The molecule has 1 aliphatic rings. The summed E-state index contributed by atoms with van der Waals surface area (Å²) >= 11 is 3.40. The third-order valence-electron chi connectivity index (χ3n) is 7.29. The van der Waals surface area contributed by atoms with Crippen LogP contribution in [0.15, 0.2) is 83.1 Å². The van der Waals surface area contributed by atoms with E-state index in [4.69, 9.17) is 5.14 Å². The molecule has 10 heteroatoms. The minimum atomic E-state index is -3.85. The number of carbonyl (C=O) groups is 2. The van der Waals surface area contributed by atoms with Gasteiger partial charge in [0.1, 0.15) is 0 Å². The van der Waals surface area contributed by atoms with Crippen LogP contribution in [-0.2, 0) is 32.7 Å². The average Bonchev–Trinajstić information content (AvgIpc) is 3.73. The summed E-state index contributed by atoms with van der Waals surface area (Å²) in [4.78, 5) is 31.8. The van der Waals surface area contributed by atoms with Gasteiger partial charge in [0, 0.05) is 45.6 Å². The molecule has 4 aromatic rings. The second kappa shape index (κ2) is 12.1. The summed E-state index contributed by atoms with van der Waals surface area (Å²) < 4.78 is 23.9. The molecule has 40 heavy (non-hydrogen) atoms. The predicted octanol–water partition coefficient (Wildman–Crippen LogP) is 5.48. The number of hydrogen-bond donors (Lipinski definition) is 2. The molecule has 0 spiro atoms. The number of rotatable bonds is 9. The van der Waals surface area contributed by atoms with Crippen LogP contribution in [0.5, 0.6) is 0 Å². The summed E-state index contributed by atoms with van der Waals surface area (Å²) in [5.74, 6) is -0.759. The normalized spacial score (nSPS) is 17.1. The fraction of sp³-hybridized carbons (Fsp3) is 0.267. The van der Waals surface area contributed by atoms with E-state index in [1.807, 2.05) is 37.4 Å². The van der Waals surface area contributed by atoms with Gasteiger partial charge in [-0.3, -0.25) is 9.59 Å². The van der Waals surface area contributed by atoms with E-state index >= 15 is 0 Å². The molecular formula is C30H31N3O4S3. The first-order valence-electron chi connectivity index (χ1n) is 13.1. The zero-order valence-corrected chi connectivity index (χ0v) is 24.5. The molecule has 5 rings (SSSR count). The average molecular weight is 594 g/mol. The van der Waals surface area contributed by atoms with Crippen LogP contribution in [0, 0.1) is 11.8 Å². The molecule has 0 radical (unpaired) electrons. The van der Waals surface area contributed by atoms with Crippen LogP contribution in [0.2, 0.25) is 0 Å². The van der Waals surface area contributed by atoms with Crippen molar-refractivity contribution in [1.82, 2.24) is 10.2 Å². The summed E-state index contributed by atoms with van der Waals surface area (Å²) in [5, 5.41) is 10.4. The van der Waals surface area contributed by atoms with Crippen LogP contribution < -0.4 is 10.5 Å². The quantitative estimate of drug-likeness (QED) is 0.268. The van der Waals surface area contributed by atoms with Gasteiger partial charge in [-0.2, -0.15) is 0 Å². The predicted molar refractivity (Wildman–Crippen MR) is 160 cm³/mol. The van der Waals surface area contributed by atoms with Gasteiger partial charge >= 0.3 is 0 Å². The van der Waals surface area contributed by atoms with E-state index in [0.717, 1.165) is 22.4 Å². The molecule has 1 aliphatic carbocycles. The van der Waals surface area contributed by atoms with Crippen molar-refractivity contribution in [3.8, 4) is 20.9 Å². The summed E-state index contributed by atoms with van der Waals surface area (Å²) in [6.45, 7) is 0.852. The van der Waals surface area contributed by atoms with E-state index in [-0.39, 0.29) is 28.5 Å². The van der Waals surface area contributed by atoms with Crippen molar-refractivity contribution in [2.45, 2.75) is 37.2 Å². The molecule has 2 amide bonds. The van der Waals surface area contributed by atoms with Crippen LogP contribution in [0.4, 0.5) is 0 Å². The van der Waals surface area contributed by atoms with Crippen LogP contribution in [-0.4, -0.2) is 32.2 Å². The maximum absolute atomic E-state index is 13.3. The Hall–Kier alpha value is -3.31. The largest absolute Gasteiger partial charge is 0.352 e. The third-order valence-corrected chi connectivity index (χ3v) is 10.4. The lowest BCUT2D eigenvalue weighted by atomic mass is 9.93. The number of hydrogen-bond acceptors (Lipinski definition) is 6. The molecule has 3 N–H and O–H groups in total. The van der Waals surface area contributed by atoms with Gasteiger partial charge in [0.15, 0.2) is 0 Å². The van der Waals surface area contributed by atoms with Crippen molar-refractivity contribution < 1.29 is 18.0 Å². The van der Waals surface area contributed by atoms with Crippen molar-refractivity contribution in [1.29, 1.82) is 0 Å². The monoisotopic (exact) mass is 593 g/mol. The second-order valence-corrected chi connectivity index (χ2v) is 13.7. The van der Waals surface area contributed by atoms with Crippen LogP contribution >= 0.6 is 22.7 Å². The maximum atomic E-state index is 13.3. The lowest BCUT2D eigenvalue weighted by Crippen LogP contribution is -2.40. The first-order chi connectivity index (χ1) is 19.2. The van der Waals surface area contributed by atoms with E-state index < -0.39 is 10.0 Å². The highest BCUT2D eigenvalue weighted by Crippen LogP contribution is 2.35. The topological polar surface area (TPSA) is 110 Å². The van der Waals surface area contributed by atoms with Crippen molar-refractivity contribution in [2.75, 3.05) is 7.05 Å². The molecular weight excluding hydrogens is 563 g/mol. The van der Waals surface area contributed by atoms with Gasteiger partial charge in [-0.05, 0) is 53.6 Å². The number of thiophene rings is 2. The number of nitrogens with two attached hydrogens (primary N) is 1. The molecule has 208 valence electrons. The minimum Gasteiger partial charge on any atom is -0.352 e. The van der Waals surface area contributed by atoms with Gasteiger partial charge in [-0.25, -0.2) is 13.6 Å². The molecule has 2 aromatic carbocycles. The van der Waals surface area contributed by atoms with Crippen molar-refractivity contribution in [3.63, 3.8) is 0 Å². The van der Waals surface area contributed by atoms with Gasteiger partial charge in [0.05, 0.1) is 11.4 Å². The number of primary sulfonamides is 1. The third kappa shape index (κ3) is 6.36. The highest BCUT2D eigenvalue weighted by molar-refractivity contribution is 7.89. The zero-order chi connectivity index (χ0) is 28.3. The number of sulfonamides is 1. The lowest BCUT2D eigenvalue weighted by Gasteiger charge is -2.24. The first-order valence-corrected chi connectivity index (χ1v) is 16.3. The molecule has 0 bridgehead atoms. The molecule has 1 fully saturated rings. The summed E-state index contributed by atoms with van der Waals surface area (Å²) in [7, 11) is -2.04. The van der Waals surface area contributed by atoms with Crippen LogP contribution in [0.1, 0.15) is 29.7 Å². The molecule has 1 saturated carbocycles. The Morgan fingerprint density at radius 3 is 2.42 bits per heavy atom. The van der Waals surface area contributed by atoms with Gasteiger partial charge in [-0.15, -0.1) is 22.7 Å². The molecule has 0 aliphatic heterocycles. The van der Waals surface area contributed by atoms with Crippen molar-refractivity contribution >= 4 is 44.5 Å². The van der Waals surface area contributed by atoms with Crippen molar-refractivity contribution in [3.05, 3.63) is 88.6 Å². The van der Waals surface area contributed by atoms with E-state index in [1.165, 1.54) is 15.8 Å². The molecule has 7 nitrogen and oxygen atoms in total. The van der Waals surface area contributed by atoms with E-state index in [2.05, 4.69) is 28.9 Å². The standard InChI is InChI=1S/C30H31N3O4S3/c1-33(19-22-15-16-27(39-22)26-9-5-17-38-26)30(35)25-8-4-7-24(25)29(34)32-18-20-11-13-21(14-12-20)23-6-2-3-10-28(23)40(31,36)37/h2-3,5-6,9-17,24-25H,4,7-8,18-19H2,1H3,(H,32,34)(H2,31,36,37)/t24-,25-/m0/s1. The lowest BCUT2D eigenvalue weighted by molar-refractivity contribution is -0.140. The van der Waals surface area contributed by atoms with E-state index in [9.17, 15) is 18.0 Å². The van der Waals surface area contributed by atoms with E-state index in [1.54, 1.807) is 45.8 Å². The number of amides is 2. The Balaban J connectivity index is 1.18. The number of nitrogens with one attached hydrogen (secondary N) is 1. The van der Waals surface area contributed by atoms with Gasteiger partial charge < -0.3 is 10.2 Å². The highest BCUT2D eigenvalue weighted by atomic mass is 32.2. The summed E-state index contributed by atoms with van der Waals surface area (Å²) in [5.41, 5.74) is 2.13. The second-order valence-electron chi connectivity index (χ2n) is 10.0. The van der Waals surface area contributed by atoms with Gasteiger partial charge in [-0.1, -0.05) is 55.0 Å². The fourth-order valence-electron chi connectivity index (χ4n) is 5.25. The molecule has 0 saturated heterocycles. The molecule has 0 unspecified atom stereocenters. The van der Waals surface area contributed by atoms with Crippen LogP contribution in [0.25, 0.3) is 20.9 Å². The maximum Gasteiger partial charge on any atom is 0.238 e. The fourth-order valence-corrected chi connectivity index (χ4v) is 7.91. The van der Waals surface area contributed by atoms with Gasteiger partial charge in [0.2, 0.25) is 21.8 Å². The van der Waals surface area contributed by atoms with Crippen molar-refractivity contribution in [2.24, 2.45) is 17.0 Å². The summed E-state index contributed by atoms with van der Waals surface area (Å²) in [6, 6.07) is 22.2. The smallest absolute Gasteiger partial charge is 0.238 e. The number of carbonyl (C=O) groups excluding carboxylic acids is 2.